The van der Waals surface area contributed by atoms with Gasteiger partial charge in [0.1, 0.15) is 0 Å². The van der Waals surface area contributed by atoms with Crippen LogP contribution in [0.2, 0.25) is 0 Å². The maximum atomic E-state index is 6.34. The van der Waals surface area contributed by atoms with Gasteiger partial charge in [-0.1, -0.05) is 250 Å². The van der Waals surface area contributed by atoms with Crippen molar-refractivity contribution in [1.29, 1.82) is 0 Å². The summed E-state index contributed by atoms with van der Waals surface area (Å²) in [7, 11) is 0. The van der Waals surface area contributed by atoms with E-state index in [0.29, 0.717) is 0 Å². The molecule has 0 unspecified atom stereocenters. The number of benzene rings is 12. The first-order chi connectivity index (χ1) is 44.9. The molecule has 0 saturated carbocycles. The second-order valence-electron chi connectivity index (χ2n) is 26.8. The predicted octanol–water partition coefficient (Wildman–Crippen LogP) is 24.3. The zero-order valence-electron chi connectivity index (χ0n) is 53.5. The fraction of sp³-hybridized carbons (Fsp3) is 0.136. The minimum absolute atomic E-state index is 0. The molecule has 450 valence electrons. The average molecular weight is 1290 g/mol. The van der Waals surface area contributed by atoms with Gasteiger partial charge in [-0.05, 0) is 204 Å². The molecule has 0 fully saturated rings. The Bertz CT molecular complexity index is 5090. The molecular weight excluding hydrogens is 1220 g/mol. The van der Waals surface area contributed by atoms with E-state index in [1.54, 1.807) is 0 Å². The Morgan fingerprint density at radius 3 is 0.645 bits per heavy atom. The van der Waals surface area contributed by atoms with E-state index in [9.17, 15) is 0 Å². The van der Waals surface area contributed by atoms with E-state index >= 15 is 0 Å². The third-order valence-electron chi connectivity index (χ3n) is 19.7. The smallest absolute Gasteiger partial charge is 0.656 e. The summed E-state index contributed by atoms with van der Waals surface area (Å²) in [5.41, 5.74) is 24.3. The van der Waals surface area contributed by atoms with Crippen LogP contribution >= 0.6 is 0 Å². The normalized spacial score (nSPS) is 12.2. The number of hydrogen-bond acceptors (Lipinski definition) is 2. The van der Waals surface area contributed by atoms with Crippen LogP contribution in [0.3, 0.4) is 0 Å². The van der Waals surface area contributed by atoms with Gasteiger partial charge in [-0.15, -0.1) is 22.1 Å². The molecule has 3 aliphatic rings. The van der Waals surface area contributed by atoms with Crippen molar-refractivity contribution < 1.29 is 20.4 Å². The number of hydrogen-bond donors (Lipinski definition) is 0. The van der Waals surface area contributed by atoms with Crippen molar-refractivity contribution in [2.75, 3.05) is 0 Å². The van der Waals surface area contributed by atoms with Gasteiger partial charge < -0.3 is 9.97 Å². The molecule has 14 aromatic rings. The Balaban J connectivity index is 0.00000686. The molecule has 0 atom stereocenters. The summed E-state index contributed by atoms with van der Waals surface area (Å²) in [5, 5.41) is 13.3. The maximum absolute atomic E-state index is 6.34. The van der Waals surface area contributed by atoms with Crippen molar-refractivity contribution in [3.05, 3.63) is 265 Å². The van der Waals surface area contributed by atoms with Gasteiger partial charge >= 0.3 is 20.4 Å². The van der Waals surface area contributed by atoms with E-state index in [2.05, 4.69) is 298 Å². The van der Waals surface area contributed by atoms with Crippen LogP contribution < -0.4 is 9.97 Å². The monoisotopic (exact) mass is 1290 g/mol. The Hall–Kier alpha value is -10.0. The second kappa shape index (κ2) is 22.7. The van der Waals surface area contributed by atoms with E-state index in [-0.39, 0.29) is 44.1 Å². The molecule has 0 saturated heterocycles. The van der Waals surface area contributed by atoms with E-state index in [4.69, 9.17) is 19.9 Å². The summed E-state index contributed by atoms with van der Waals surface area (Å²) >= 11 is 0. The Labute approximate surface area is 556 Å². The summed E-state index contributed by atoms with van der Waals surface area (Å²) in [5.74, 6) is 1.03. The number of nitrogens with zero attached hydrogens (tertiary/aromatic N) is 4. The second-order valence-corrected chi connectivity index (χ2v) is 26.8. The summed E-state index contributed by atoms with van der Waals surface area (Å²) in [6.45, 7) is 18.3. The Morgan fingerprint density at radius 1 is 0.237 bits per heavy atom. The first kappa shape index (κ1) is 58.1. The Morgan fingerprint density at radius 2 is 0.441 bits per heavy atom. The Kier molecular flexibility index (Phi) is 14.2. The number of rotatable bonds is 8. The molecule has 1 aliphatic carbocycles. The average Bonchev–Trinajstić information content (AvgIpc) is 1.56. The van der Waals surface area contributed by atoms with Crippen molar-refractivity contribution in [1.82, 2.24) is 19.9 Å². The molecule has 8 bridgehead atoms. The van der Waals surface area contributed by atoms with Crippen LogP contribution in [0.25, 0.3) is 176 Å². The summed E-state index contributed by atoms with van der Waals surface area (Å²) in [6.07, 6.45) is 0. The maximum Gasteiger partial charge on any atom is 2.00 e. The van der Waals surface area contributed by atoms with Gasteiger partial charge in [-0.25, -0.2) is 9.97 Å². The van der Waals surface area contributed by atoms with Crippen LogP contribution in [0.1, 0.15) is 101 Å². The molecule has 17 rings (SSSR count). The zero-order valence-corrected chi connectivity index (χ0v) is 55.1. The van der Waals surface area contributed by atoms with Gasteiger partial charge in [0.25, 0.3) is 0 Å². The van der Waals surface area contributed by atoms with Gasteiger partial charge in [0.2, 0.25) is 0 Å². The standard InChI is InChI=1S/C88H68N4.Pd/c1-49(2)53-29-17-33-65(37-53)77-81-69-41-57-21-9-11-23-59(57)43-71(69)83(89-81)78(66-34-18-30-54(38-66)50(3)4)85-73-45-61-25-13-15-27-63(61)47-75(73)87(91-85)80(68-36-20-32-56(40-68)52(7)8)88-76-48-64-28-16-14-26-62(64)46-74(76)86(92-88)79(67-35-19-31-55(39-67)51(5)6)84-72-44-60-24-12-10-22-58(60)42-70(72)82(77)90-84;/h9-52H,1-8H3;/q-2;+2. The third-order valence-corrected chi connectivity index (χ3v) is 19.7. The van der Waals surface area contributed by atoms with Crippen molar-refractivity contribution in [2.45, 2.75) is 79.1 Å². The minimum Gasteiger partial charge on any atom is -0.656 e. The summed E-state index contributed by atoms with van der Waals surface area (Å²) in [4.78, 5) is 25.3. The van der Waals surface area contributed by atoms with E-state index in [1.165, 1.54) is 22.3 Å². The predicted molar refractivity (Wildman–Crippen MR) is 391 cm³/mol. The van der Waals surface area contributed by atoms with Gasteiger partial charge in [-0.3, -0.25) is 0 Å². The van der Waals surface area contributed by atoms with Crippen LogP contribution in [-0.2, 0) is 20.4 Å². The molecule has 2 aromatic heterocycles. The van der Waals surface area contributed by atoms with Crippen LogP contribution in [0, 0.1) is 0 Å². The first-order valence-corrected chi connectivity index (χ1v) is 32.8. The summed E-state index contributed by atoms with van der Waals surface area (Å²) in [6, 6.07) is 91.0. The molecular formula is C88H68N4Pd. The van der Waals surface area contributed by atoms with Crippen molar-refractivity contribution in [3.8, 4) is 89.5 Å². The fourth-order valence-electron chi connectivity index (χ4n) is 14.7. The van der Waals surface area contributed by atoms with E-state index < -0.39 is 0 Å². The number of aromatic nitrogens is 4. The quantitative estimate of drug-likeness (QED) is 0.142. The van der Waals surface area contributed by atoms with Crippen molar-refractivity contribution in [3.63, 3.8) is 0 Å². The van der Waals surface area contributed by atoms with Gasteiger partial charge in [-0.2, -0.15) is 0 Å². The van der Waals surface area contributed by atoms with Crippen molar-refractivity contribution >= 4 is 86.7 Å². The van der Waals surface area contributed by atoms with Crippen LogP contribution in [0.5, 0.6) is 0 Å². The molecule has 12 aromatic carbocycles. The van der Waals surface area contributed by atoms with Crippen molar-refractivity contribution in [2.24, 2.45) is 0 Å². The van der Waals surface area contributed by atoms with Crippen LogP contribution in [-0.4, -0.2) is 9.97 Å². The van der Waals surface area contributed by atoms with Crippen LogP contribution in [0.15, 0.2) is 243 Å². The van der Waals surface area contributed by atoms with E-state index in [1.807, 2.05) is 0 Å². The summed E-state index contributed by atoms with van der Waals surface area (Å²) < 4.78 is 0. The SMILES string of the molecule is CC(C)c1cccc(-c2c3nc(c(-c4cccc(C(C)C)c4)c4[n-]c(c(-c5cccc(C(C)C)c5)c5nc(c(-c6cccc(C(C)C)c6)c6[n-]c2c2cc7ccccc7cc62)-c2cc6ccccc6cc2-5)c2cc5ccccc5cc42)-c2cc4ccccc4cc2-3)c1.[Pd+2]. The van der Waals surface area contributed by atoms with E-state index in [0.717, 1.165) is 176 Å². The van der Waals surface area contributed by atoms with Crippen LogP contribution in [0.4, 0.5) is 0 Å². The molecule has 0 spiro atoms. The largest absolute Gasteiger partial charge is 2.00 e. The molecule has 93 heavy (non-hydrogen) atoms. The third kappa shape index (κ3) is 9.58. The number of fused-ring (bicyclic) bond motifs is 4. The zero-order chi connectivity index (χ0) is 62.2. The molecule has 0 amide bonds. The van der Waals surface area contributed by atoms with Gasteiger partial charge in [0, 0.05) is 22.3 Å². The van der Waals surface area contributed by atoms with Gasteiger partial charge in [0.05, 0.1) is 22.8 Å². The fourth-order valence-corrected chi connectivity index (χ4v) is 14.7. The molecule has 0 radical (unpaired) electrons. The molecule has 2 aliphatic heterocycles. The molecule has 5 heteroatoms. The first-order valence-electron chi connectivity index (χ1n) is 32.8. The molecule has 0 N–H and O–H groups in total. The topological polar surface area (TPSA) is 54.0 Å². The molecule has 4 nitrogen and oxygen atoms in total. The minimum atomic E-state index is 0. The van der Waals surface area contributed by atoms with Gasteiger partial charge in [0.15, 0.2) is 0 Å². The molecule has 4 heterocycles.